The predicted octanol–water partition coefficient (Wildman–Crippen LogP) is 1.46. The first-order chi connectivity index (χ1) is 8.70. The number of benzene rings is 1. The summed E-state index contributed by atoms with van der Waals surface area (Å²) in [5, 5.41) is 0. The van der Waals surface area contributed by atoms with Gasteiger partial charge in [-0.3, -0.25) is 4.79 Å². The van der Waals surface area contributed by atoms with Gasteiger partial charge < -0.3 is 19.1 Å². The Morgan fingerprint density at radius 1 is 1.33 bits per heavy atom. The van der Waals surface area contributed by atoms with Crippen LogP contribution in [-0.4, -0.2) is 39.4 Å². The molecule has 0 fully saturated rings. The highest BCUT2D eigenvalue weighted by Gasteiger charge is 2.14. The van der Waals surface area contributed by atoms with E-state index in [1.807, 2.05) is 30.1 Å². The molecule has 0 N–H and O–H groups in total. The lowest BCUT2D eigenvalue weighted by molar-refractivity contribution is -0.141. The molecule has 1 aliphatic heterocycles. The molecule has 2 rings (SSSR count). The van der Waals surface area contributed by atoms with Crippen molar-refractivity contribution >= 4 is 11.7 Å². The molecule has 5 heteroatoms. The summed E-state index contributed by atoms with van der Waals surface area (Å²) in [5.74, 6) is 1.22. The first-order valence-electron chi connectivity index (χ1n) is 5.97. The van der Waals surface area contributed by atoms with Crippen molar-refractivity contribution in [1.82, 2.24) is 0 Å². The molecular weight excluding hydrogens is 234 g/mol. The summed E-state index contributed by atoms with van der Waals surface area (Å²) in [7, 11) is 1.84. The second-order valence-electron chi connectivity index (χ2n) is 3.99. The van der Waals surface area contributed by atoms with Crippen molar-refractivity contribution in [2.75, 3.05) is 38.3 Å². The van der Waals surface area contributed by atoms with E-state index in [2.05, 4.69) is 0 Å². The van der Waals surface area contributed by atoms with Crippen molar-refractivity contribution in [2.24, 2.45) is 0 Å². The number of ether oxygens (including phenoxy) is 3. The first-order valence-corrected chi connectivity index (χ1v) is 5.97. The molecule has 1 aliphatic rings. The van der Waals surface area contributed by atoms with Crippen LogP contribution in [-0.2, 0) is 9.53 Å². The van der Waals surface area contributed by atoms with Gasteiger partial charge in [-0.25, -0.2) is 0 Å². The third-order valence-electron chi connectivity index (χ3n) is 2.64. The Bertz CT molecular complexity index is 433. The maximum atomic E-state index is 11.4. The van der Waals surface area contributed by atoms with Crippen LogP contribution in [0.4, 0.5) is 5.69 Å². The lowest BCUT2D eigenvalue weighted by atomic mass is 10.2. The molecular formula is C13H17NO4. The van der Waals surface area contributed by atoms with Crippen LogP contribution >= 0.6 is 0 Å². The summed E-state index contributed by atoms with van der Waals surface area (Å²) in [6.45, 7) is 3.53. The SMILES string of the molecule is CCOC(=O)CN(C)c1ccc2c(c1)OCCO2. The van der Waals surface area contributed by atoms with Crippen LogP contribution in [0.5, 0.6) is 11.5 Å². The van der Waals surface area contributed by atoms with Crippen LogP contribution in [0.1, 0.15) is 6.92 Å². The van der Waals surface area contributed by atoms with E-state index >= 15 is 0 Å². The van der Waals surface area contributed by atoms with E-state index in [1.54, 1.807) is 6.92 Å². The maximum absolute atomic E-state index is 11.4. The molecule has 0 atom stereocenters. The molecule has 0 aromatic heterocycles. The van der Waals surface area contributed by atoms with E-state index in [4.69, 9.17) is 14.2 Å². The van der Waals surface area contributed by atoms with Gasteiger partial charge in [-0.05, 0) is 19.1 Å². The fourth-order valence-electron chi connectivity index (χ4n) is 1.76. The first kappa shape index (κ1) is 12.5. The zero-order valence-corrected chi connectivity index (χ0v) is 10.6. The number of fused-ring (bicyclic) bond motifs is 1. The highest BCUT2D eigenvalue weighted by molar-refractivity contribution is 5.76. The zero-order chi connectivity index (χ0) is 13.0. The molecule has 0 unspecified atom stereocenters. The minimum atomic E-state index is -0.241. The third-order valence-corrected chi connectivity index (χ3v) is 2.64. The molecule has 0 bridgehead atoms. The van der Waals surface area contributed by atoms with Crippen LogP contribution in [0, 0.1) is 0 Å². The van der Waals surface area contributed by atoms with Crippen molar-refractivity contribution in [3.63, 3.8) is 0 Å². The topological polar surface area (TPSA) is 48.0 Å². The average Bonchev–Trinajstić information content (AvgIpc) is 2.38. The van der Waals surface area contributed by atoms with E-state index in [0.717, 1.165) is 17.2 Å². The monoisotopic (exact) mass is 251 g/mol. The number of nitrogens with zero attached hydrogens (tertiary/aromatic N) is 1. The van der Waals surface area contributed by atoms with Crippen molar-refractivity contribution in [3.8, 4) is 11.5 Å². The lowest BCUT2D eigenvalue weighted by Crippen LogP contribution is -2.27. The third kappa shape index (κ3) is 2.85. The number of rotatable bonds is 4. The number of hydrogen-bond donors (Lipinski definition) is 0. The fraction of sp³-hybridized carbons (Fsp3) is 0.462. The zero-order valence-electron chi connectivity index (χ0n) is 10.6. The van der Waals surface area contributed by atoms with Crippen molar-refractivity contribution < 1.29 is 19.0 Å². The summed E-state index contributed by atoms with van der Waals surface area (Å²) < 4.78 is 15.9. The lowest BCUT2D eigenvalue weighted by Gasteiger charge is -2.22. The maximum Gasteiger partial charge on any atom is 0.325 e. The molecule has 0 saturated heterocycles. The molecule has 0 aliphatic carbocycles. The van der Waals surface area contributed by atoms with Gasteiger partial charge >= 0.3 is 5.97 Å². The second kappa shape index (κ2) is 5.62. The smallest absolute Gasteiger partial charge is 0.325 e. The van der Waals surface area contributed by atoms with E-state index in [0.29, 0.717) is 19.8 Å². The van der Waals surface area contributed by atoms with Gasteiger partial charge in [0.25, 0.3) is 0 Å². The Kier molecular flexibility index (Phi) is 3.92. The van der Waals surface area contributed by atoms with Crippen LogP contribution in [0.15, 0.2) is 18.2 Å². The summed E-state index contributed by atoms with van der Waals surface area (Å²) in [4.78, 5) is 13.2. The second-order valence-corrected chi connectivity index (χ2v) is 3.99. The quantitative estimate of drug-likeness (QED) is 0.758. The minimum Gasteiger partial charge on any atom is -0.486 e. The Morgan fingerprint density at radius 2 is 2.06 bits per heavy atom. The van der Waals surface area contributed by atoms with Gasteiger partial charge in [-0.1, -0.05) is 0 Å². The largest absolute Gasteiger partial charge is 0.486 e. The number of hydrogen-bond acceptors (Lipinski definition) is 5. The van der Waals surface area contributed by atoms with Gasteiger partial charge in [0.1, 0.15) is 19.8 Å². The molecule has 0 saturated carbocycles. The molecule has 0 spiro atoms. The van der Waals surface area contributed by atoms with Gasteiger partial charge in [-0.2, -0.15) is 0 Å². The van der Waals surface area contributed by atoms with E-state index in [9.17, 15) is 4.79 Å². The van der Waals surface area contributed by atoms with E-state index in [1.165, 1.54) is 0 Å². The summed E-state index contributed by atoms with van der Waals surface area (Å²) in [5.41, 5.74) is 0.896. The summed E-state index contributed by atoms with van der Waals surface area (Å²) >= 11 is 0. The Balaban J connectivity index is 2.06. The number of carbonyl (C=O) groups excluding carboxylic acids is 1. The molecule has 0 radical (unpaired) electrons. The molecule has 1 heterocycles. The number of esters is 1. The highest BCUT2D eigenvalue weighted by atomic mass is 16.6. The molecule has 1 aromatic rings. The van der Waals surface area contributed by atoms with Crippen LogP contribution < -0.4 is 14.4 Å². The minimum absolute atomic E-state index is 0.216. The van der Waals surface area contributed by atoms with Crippen molar-refractivity contribution in [3.05, 3.63) is 18.2 Å². The fourth-order valence-corrected chi connectivity index (χ4v) is 1.76. The molecule has 5 nitrogen and oxygen atoms in total. The van der Waals surface area contributed by atoms with Crippen molar-refractivity contribution in [1.29, 1.82) is 0 Å². The predicted molar refractivity (Wildman–Crippen MR) is 67.3 cm³/mol. The molecule has 0 amide bonds. The van der Waals surface area contributed by atoms with Gasteiger partial charge in [0.15, 0.2) is 11.5 Å². The van der Waals surface area contributed by atoms with Crippen LogP contribution in [0.3, 0.4) is 0 Å². The van der Waals surface area contributed by atoms with Crippen LogP contribution in [0.2, 0.25) is 0 Å². The molecule has 98 valence electrons. The van der Waals surface area contributed by atoms with Gasteiger partial charge in [0.05, 0.1) is 6.61 Å². The molecule has 1 aromatic carbocycles. The highest BCUT2D eigenvalue weighted by Crippen LogP contribution is 2.33. The van der Waals surface area contributed by atoms with Crippen LogP contribution in [0.25, 0.3) is 0 Å². The number of carbonyl (C=O) groups is 1. The Hall–Kier alpha value is -1.91. The summed E-state index contributed by atoms with van der Waals surface area (Å²) in [6.07, 6.45) is 0. The van der Waals surface area contributed by atoms with E-state index in [-0.39, 0.29) is 12.5 Å². The van der Waals surface area contributed by atoms with Gasteiger partial charge in [0, 0.05) is 18.8 Å². The Morgan fingerprint density at radius 3 is 2.78 bits per heavy atom. The standard InChI is InChI=1S/C13H17NO4/c1-3-16-13(15)9-14(2)10-4-5-11-12(8-10)18-7-6-17-11/h4-5,8H,3,6-7,9H2,1-2H3. The summed E-state index contributed by atoms with van der Waals surface area (Å²) in [6, 6.07) is 5.62. The van der Waals surface area contributed by atoms with E-state index < -0.39 is 0 Å². The molecule has 18 heavy (non-hydrogen) atoms. The normalized spacial score (nSPS) is 13.0. The average molecular weight is 251 g/mol. The van der Waals surface area contributed by atoms with Crippen molar-refractivity contribution in [2.45, 2.75) is 6.92 Å². The van der Waals surface area contributed by atoms with Gasteiger partial charge in [-0.15, -0.1) is 0 Å². The van der Waals surface area contributed by atoms with Gasteiger partial charge in [0.2, 0.25) is 0 Å². The number of likely N-dealkylation sites (N-methyl/N-ethyl adjacent to an activating group) is 1. The Labute approximate surface area is 106 Å². The number of anilines is 1.